The molecule has 5 heteroatoms. The van der Waals surface area contributed by atoms with Crippen molar-refractivity contribution < 1.29 is 0 Å². The standard InChI is InChI=1S/C21H17N5/c1-2-13-22-18(4-1)10-7-17-8-11-19(12-9-17)24-20-5-3-6-21(16-20)26-15-14-23-25-26/h1-16,24H/b10-7+. The number of aromatic nitrogens is 4. The van der Waals surface area contributed by atoms with Gasteiger partial charge in [-0.25, -0.2) is 4.68 Å². The van der Waals surface area contributed by atoms with Crippen molar-refractivity contribution in [3.63, 3.8) is 0 Å². The lowest BCUT2D eigenvalue weighted by Crippen LogP contribution is -1.97. The maximum Gasteiger partial charge on any atom is 0.0697 e. The van der Waals surface area contributed by atoms with Crippen molar-refractivity contribution in [3.8, 4) is 5.69 Å². The third kappa shape index (κ3) is 3.84. The van der Waals surface area contributed by atoms with Gasteiger partial charge in [-0.15, -0.1) is 5.10 Å². The van der Waals surface area contributed by atoms with Crippen LogP contribution in [0.4, 0.5) is 11.4 Å². The molecule has 4 rings (SSSR count). The molecule has 0 unspecified atom stereocenters. The van der Waals surface area contributed by atoms with E-state index in [-0.39, 0.29) is 0 Å². The second-order valence-corrected chi connectivity index (χ2v) is 5.73. The van der Waals surface area contributed by atoms with Gasteiger partial charge in [-0.3, -0.25) is 4.98 Å². The van der Waals surface area contributed by atoms with E-state index < -0.39 is 0 Å². The van der Waals surface area contributed by atoms with Gasteiger partial charge >= 0.3 is 0 Å². The summed E-state index contributed by atoms with van der Waals surface area (Å²) < 4.78 is 1.73. The van der Waals surface area contributed by atoms with Crippen LogP contribution in [-0.4, -0.2) is 20.0 Å². The Labute approximate surface area is 151 Å². The second-order valence-electron chi connectivity index (χ2n) is 5.73. The average molecular weight is 339 g/mol. The van der Waals surface area contributed by atoms with Crippen LogP contribution in [0.3, 0.4) is 0 Å². The fraction of sp³-hybridized carbons (Fsp3) is 0. The number of benzene rings is 2. The van der Waals surface area contributed by atoms with Gasteiger partial charge in [0.1, 0.15) is 0 Å². The van der Waals surface area contributed by atoms with Gasteiger partial charge in [0.05, 0.1) is 23.8 Å². The Kier molecular flexibility index (Phi) is 4.52. The first-order valence-corrected chi connectivity index (χ1v) is 8.30. The molecule has 2 aromatic heterocycles. The molecule has 0 aliphatic carbocycles. The quantitative estimate of drug-likeness (QED) is 0.578. The number of nitrogens with one attached hydrogen (secondary N) is 1. The highest BCUT2D eigenvalue weighted by molar-refractivity contribution is 5.70. The normalized spacial score (nSPS) is 10.9. The van der Waals surface area contributed by atoms with E-state index in [4.69, 9.17) is 0 Å². The molecule has 0 saturated carbocycles. The number of anilines is 2. The van der Waals surface area contributed by atoms with E-state index in [2.05, 4.69) is 51.0 Å². The Morgan fingerprint density at radius 2 is 1.73 bits per heavy atom. The summed E-state index contributed by atoms with van der Waals surface area (Å²) in [6, 6.07) is 22.2. The fourth-order valence-electron chi connectivity index (χ4n) is 2.57. The van der Waals surface area contributed by atoms with Gasteiger partial charge in [0.25, 0.3) is 0 Å². The maximum atomic E-state index is 4.29. The predicted octanol–water partition coefficient (Wildman–Crippen LogP) is 4.58. The second kappa shape index (κ2) is 7.44. The van der Waals surface area contributed by atoms with Crippen LogP contribution in [0.5, 0.6) is 0 Å². The minimum Gasteiger partial charge on any atom is -0.355 e. The number of pyridine rings is 1. The number of rotatable bonds is 5. The van der Waals surface area contributed by atoms with E-state index in [0.29, 0.717) is 0 Å². The molecule has 126 valence electrons. The highest BCUT2D eigenvalue weighted by Gasteiger charge is 2.00. The molecule has 0 bridgehead atoms. The van der Waals surface area contributed by atoms with Gasteiger partial charge in [-0.05, 0) is 54.1 Å². The lowest BCUT2D eigenvalue weighted by atomic mass is 10.1. The van der Waals surface area contributed by atoms with E-state index in [1.54, 1.807) is 17.1 Å². The monoisotopic (exact) mass is 339 g/mol. The molecule has 0 aliphatic heterocycles. The maximum absolute atomic E-state index is 4.29. The molecule has 4 aromatic rings. The molecule has 0 fully saturated rings. The number of nitrogens with zero attached hydrogens (tertiary/aromatic N) is 4. The van der Waals surface area contributed by atoms with E-state index in [0.717, 1.165) is 28.3 Å². The summed E-state index contributed by atoms with van der Waals surface area (Å²) in [6.07, 6.45) is 9.33. The highest BCUT2D eigenvalue weighted by Crippen LogP contribution is 2.20. The third-order valence-corrected chi connectivity index (χ3v) is 3.87. The zero-order chi connectivity index (χ0) is 17.6. The summed E-state index contributed by atoms with van der Waals surface area (Å²) in [5.41, 5.74) is 5.05. The van der Waals surface area contributed by atoms with E-state index in [1.165, 1.54) is 0 Å². The van der Waals surface area contributed by atoms with Gasteiger partial charge < -0.3 is 5.32 Å². The molecule has 0 amide bonds. The zero-order valence-corrected chi connectivity index (χ0v) is 14.0. The van der Waals surface area contributed by atoms with Crippen LogP contribution in [0, 0.1) is 0 Å². The molecular formula is C21H17N5. The topological polar surface area (TPSA) is 55.6 Å². The minimum atomic E-state index is 0.944. The molecular weight excluding hydrogens is 322 g/mol. The van der Waals surface area contributed by atoms with Crippen LogP contribution < -0.4 is 5.32 Å². The van der Waals surface area contributed by atoms with Crippen molar-refractivity contribution in [2.24, 2.45) is 0 Å². The Morgan fingerprint density at radius 3 is 2.50 bits per heavy atom. The van der Waals surface area contributed by atoms with Crippen LogP contribution in [0.25, 0.3) is 17.8 Å². The molecule has 26 heavy (non-hydrogen) atoms. The number of hydrogen-bond donors (Lipinski definition) is 1. The largest absolute Gasteiger partial charge is 0.355 e. The average Bonchev–Trinajstić information content (AvgIpc) is 3.23. The van der Waals surface area contributed by atoms with Gasteiger partial charge in [0.2, 0.25) is 0 Å². The molecule has 0 aliphatic rings. The predicted molar refractivity (Wildman–Crippen MR) is 104 cm³/mol. The Hall–Kier alpha value is -3.73. The van der Waals surface area contributed by atoms with Crippen LogP contribution in [0.2, 0.25) is 0 Å². The van der Waals surface area contributed by atoms with E-state index >= 15 is 0 Å². The molecule has 0 saturated heterocycles. The summed E-state index contributed by atoms with van der Waals surface area (Å²) in [5, 5.41) is 11.3. The van der Waals surface area contributed by atoms with Crippen molar-refractivity contribution in [3.05, 3.63) is 96.6 Å². The third-order valence-electron chi connectivity index (χ3n) is 3.87. The van der Waals surface area contributed by atoms with Crippen LogP contribution in [0.15, 0.2) is 85.3 Å². The molecule has 1 N–H and O–H groups in total. The Balaban J connectivity index is 1.46. The molecule has 2 heterocycles. The first-order valence-electron chi connectivity index (χ1n) is 8.30. The van der Waals surface area contributed by atoms with Gasteiger partial charge in [0.15, 0.2) is 0 Å². The minimum absolute atomic E-state index is 0.944. The SMILES string of the molecule is C(=C\c1ccccn1)/c1ccc(Nc2cccc(-n3ccnn3)c2)cc1. The van der Waals surface area contributed by atoms with Crippen molar-refractivity contribution in [1.29, 1.82) is 0 Å². The lowest BCUT2D eigenvalue weighted by Gasteiger charge is -2.08. The van der Waals surface area contributed by atoms with Gasteiger partial charge in [-0.1, -0.05) is 35.6 Å². The molecule has 0 radical (unpaired) electrons. The molecule has 2 aromatic carbocycles. The summed E-state index contributed by atoms with van der Waals surface area (Å²) in [7, 11) is 0. The van der Waals surface area contributed by atoms with Crippen molar-refractivity contribution >= 4 is 23.5 Å². The molecule has 5 nitrogen and oxygen atoms in total. The van der Waals surface area contributed by atoms with Crippen LogP contribution in [-0.2, 0) is 0 Å². The van der Waals surface area contributed by atoms with E-state index in [1.807, 2.05) is 54.7 Å². The van der Waals surface area contributed by atoms with Gasteiger partial charge in [0, 0.05) is 17.6 Å². The van der Waals surface area contributed by atoms with E-state index in [9.17, 15) is 0 Å². The summed E-state index contributed by atoms with van der Waals surface area (Å²) in [4.78, 5) is 4.29. The molecule has 0 spiro atoms. The smallest absolute Gasteiger partial charge is 0.0697 e. The zero-order valence-electron chi connectivity index (χ0n) is 14.0. The fourth-order valence-corrected chi connectivity index (χ4v) is 2.57. The number of hydrogen-bond acceptors (Lipinski definition) is 4. The lowest BCUT2D eigenvalue weighted by molar-refractivity contribution is 0.803. The van der Waals surface area contributed by atoms with Gasteiger partial charge in [-0.2, -0.15) is 0 Å². The van der Waals surface area contributed by atoms with Crippen LogP contribution in [0.1, 0.15) is 11.3 Å². The van der Waals surface area contributed by atoms with Crippen molar-refractivity contribution in [1.82, 2.24) is 20.0 Å². The first-order chi connectivity index (χ1) is 12.9. The highest BCUT2D eigenvalue weighted by atomic mass is 15.4. The first kappa shape index (κ1) is 15.8. The Morgan fingerprint density at radius 1 is 0.808 bits per heavy atom. The molecule has 0 atom stereocenters. The summed E-state index contributed by atoms with van der Waals surface area (Å²) in [5.74, 6) is 0. The Bertz CT molecular complexity index is 990. The van der Waals surface area contributed by atoms with Crippen molar-refractivity contribution in [2.75, 3.05) is 5.32 Å². The van der Waals surface area contributed by atoms with Crippen molar-refractivity contribution in [2.45, 2.75) is 0 Å². The van der Waals surface area contributed by atoms with Crippen LogP contribution >= 0.6 is 0 Å². The summed E-state index contributed by atoms with van der Waals surface area (Å²) >= 11 is 0. The summed E-state index contributed by atoms with van der Waals surface area (Å²) in [6.45, 7) is 0.